The Morgan fingerprint density at radius 2 is 1.89 bits per heavy atom. The fourth-order valence-corrected chi connectivity index (χ4v) is 1.42. The first-order valence-corrected chi connectivity index (χ1v) is 6.54. The number of aliphatic hydroxyl groups is 1. The first-order chi connectivity index (χ1) is 8.04. The minimum absolute atomic E-state index is 0.563. The highest BCUT2D eigenvalue weighted by Gasteiger charge is 2.39. The van der Waals surface area contributed by atoms with E-state index in [1.54, 1.807) is 40.0 Å². The molecule has 0 bridgehead atoms. The molecule has 1 aromatic heterocycles. The van der Waals surface area contributed by atoms with Gasteiger partial charge >= 0.3 is 7.12 Å². The van der Waals surface area contributed by atoms with Gasteiger partial charge in [-0.25, -0.2) is 4.98 Å². The number of pyridine rings is 1. The third-order valence-electron chi connectivity index (χ3n) is 3.20. The van der Waals surface area contributed by atoms with Crippen molar-refractivity contribution >= 4 is 28.5 Å². The molecule has 1 rings (SSSR count). The Morgan fingerprint density at radius 1 is 1.33 bits per heavy atom. The van der Waals surface area contributed by atoms with Gasteiger partial charge in [-0.2, -0.15) is 0 Å². The van der Waals surface area contributed by atoms with Crippen LogP contribution in [0.2, 0.25) is 0 Å². The highest BCUT2D eigenvalue weighted by atomic mass is 79.9. The summed E-state index contributed by atoms with van der Waals surface area (Å²) in [5.41, 5.74) is -0.469. The summed E-state index contributed by atoms with van der Waals surface area (Å²) >= 11 is 3.30. The summed E-state index contributed by atoms with van der Waals surface area (Å²) in [6, 6.07) is 1.79. The molecule has 0 aliphatic carbocycles. The number of aryl methyl sites for hydroxylation is 1. The van der Waals surface area contributed by atoms with Crippen molar-refractivity contribution in [3.8, 4) is 0 Å². The van der Waals surface area contributed by atoms with Crippen molar-refractivity contribution in [1.29, 1.82) is 0 Å². The molecule has 0 atom stereocenters. The van der Waals surface area contributed by atoms with Crippen molar-refractivity contribution in [1.82, 2.24) is 4.98 Å². The Balaban J connectivity index is 2.89. The first-order valence-electron chi connectivity index (χ1n) is 5.75. The maximum absolute atomic E-state index is 10.0. The van der Waals surface area contributed by atoms with Gasteiger partial charge in [-0.3, -0.25) is 0 Å². The maximum atomic E-state index is 10.0. The number of rotatable bonds is 4. The molecule has 0 aliphatic rings. The lowest BCUT2D eigenvalue weighted by molar-refractivity contribution is -0.0982. The predicted octanol–water partition coefficient (Wildman–Crippen LogP) is 1.41. The number of aromatic nitrogens is 1. The fourth-order valence-electron chi connectivity index (χ4n) is 1.21. The van der Waals surface area contributed by atoms with E-state index >= 15 is 0 Å². The molecule has 0 saturated carbocycles. The average Bonchev–Trinajstić information content (AvgIpc) is 2.19. The van der Waals surface area contributed by atoms with E-state index in [-0.39, 0.29) is 0 Å². The summed E-state index contributed by atoms with van der Waals surface area (Å²) in [6.45, 7) is 8.63. The number of hydrogen-bond donors (Lipinski definition) is 2. The number of hydrogen-bond acceptors (Lipinski definition) is 4. The largest absolute Gasteiger partial charge is 0.493 e. The van der Waals surface area contributed by atoms with Crippen LogP contribution < -0.4 is 5.46 Å². The Labute approximate surface area is 117 Å². The van der Waals surface area contributed by atoms with E-state index in [1.165, 1.54) is 0 Å². The van der Waals surface area contributed by atoms with E-state index in [0.717, 1.165) is 10.2 Å². The zero-order valence-electron chi connectivity index (χ0n) is 11.4. The van der Waals surface area contributed by atoms with Gasteiger partial charge in [0.05, 0.1) is 11.2 Å². The summed E-state index contributed by atoms with van der Waals surface area (Å²) in [7, 11) is -1.12. The molecule has 0 amide bonds. The van der Waals surface area contributed by atoms with Crippen LogP contribution in [0.15, 0.2) is 16.9 Å². The van der Waals surface area contributed by atoms with Crippen LogP contribution >= 0.6 is 15.9 Å². The SMILES string of the molecule is Cc1cc(B(O)OC(C)(C)C(C)(C)O)cnc1Br. The van der Waals surface area contributed by atoms with Crippen molar-refractivity contribution in [2.75, 3.05) is 0 Å². The molecule has 1 aromatic rings. The van der Waals surface area contributed by atoms with Gasteiger partial charge in [-0.15, -0.1) is 0 Å². The molecule has 1 heterocycles. The van der Waals surface area contributed by atoms with Gasteiger partial charge in [0.1, 0.15) is 4.60 Å². The Bertz CT molecular complexity index is 432. The topological polar surface area (TPSA) is 62.6 Å². The van der Waals surface area contributed by atoms with Crippen molar-refractivity contribution in [2.24, 2.45) is 0 Å². The van der Waals surface area contributed by atoms with E-state index in [2.05, 4.69) is 20.9 Å². The van der Waals surface area contributed by atoms with Crippen molar-refractivity contribution in [3.63, 3.8) is 0 Å². The molecule has 4 nitrogen and oxygen atoms in total. The quantitative estimate of drug-likeness (QED) is 0.651. The van der Waals surface area contributed by atoms with Crippen molar-refractivity contribution in [2.45, 2.75) is 45.8 Å². The molecule has 18 heavy (non-hydrogen) atoms. The number of nitrogens with zero attached hydrogens (tertiary/aromatic N) is 1. The van der Waals surface area contributed by atoms with Crippen LogP contribution in [0.25, 0.3) is 0 Å². The lowest BCUT2D eigenvalue weighted by Gasteiger charge is -2.38. The molecule has 100 valence electrons. The Hall–Kier alpha value is -0.425. The van der Waals surface area contributed by atoms with E-state index in [4.69, 9.17) is 4.65 Å². The molecule has 0 fully saturated rings. The molecule has 0 saturated heterocycles. The van der Waals surface area contributed by atoms with Gasteiger partial charge in [-0.05, 0) is 56.1 Å². The summed E-state index contributed by atoms with van der Waals surface area (Å²) in [5.74, 6) is 0. The molecule has 0 unspecified atom stereocenters. The normalized spacial score (nSPS) is 12.7. The van der Waals surface area contributed by atoms with E-state index < -0.39 is 18.3 Å². The first kappa shape index (κ1) is 15.6. The van der Waals surface area contributed by atoms with E-state index in [0.29, 0.717) is 5.46 Å². The van der Waals surface area contributed by atoms with Crippen LogP contribution in [0.5, 0.6) is 0 Å². The third kappa shape index (κ3) is 3.54. The van der Waals surface area contributed by atoms with Crippen molar-refractivity contribution < 1.29 is 14.8 Å². The standard InChI is InChI=1S/C12H19BBrNO3/c1-8-6-9(7-15-10(8)14)13(17)18-12(4,5)11(2,3)16/h6-7,16-17H,1-5H3. The molecule has 0 aromatic carbocycles. The van der Waals surface area contributed by atoms with Crippen LogP contribution in [0.3, 0.4) is 0 Å². The maximum Gasteiger partial charge on any atom is 0.493 e. The molecule has 0 aliphatic heterocycles. The molecule has 2 N–H and O–H groups in total. The minimum Gasteiger partial charge on any atom is -0.423 e. The lowest BCUT2D eigenvalue weighted by Crippen LogP contribution is -2.53. The Morgan fingerprint density at radius 3 is 2.33 bits per heavy atom. The van der Waals surface area contributed by atoms with Gasteiger partial charge in [0.2, 0.25) is 0 Å². The van der Waals surface area contributed by atoms with Crippen LogP contribution in [0.4, 0.5) is 0 Å². The monoisotopic (exact) mass is 315 g/mol. The summed E-state index contributed by atoms with van der Waals surface area (Å²) in [5, 5.41) is 20.0. The smallest absolute Gasteiger partial charge is 0.423 e. The van der Waals surface area contributed by atoms with Gasteiger partial charge < -0.3 is 14.8 Å². The van der Waals surface area contributed by atoms with Crippen LogP contribution in [0, 0.1) is 6.92 Å². The van der Waals surface area contributed by atoms with Crippen LogP contribution in [0.1, 0.15) is 33.3 Å². The zero-order valence-corrected chi connectivity index (χ0v) is 12.9. The molecular weight excluding hydrogens is 297 g/mol. The van der Waals surface area contributed by atoms with Crippen LogP contribution in [-0.2, 0) is 4.65 Å². The zero-order chi connectivity index (χ0) is 14.1. The Kier molecular flexibility index (Phi) is 4.59. The highest BCUT2D eigenvalue weighted by molar-refractivity contribution is 9.10. The summed E-state index contributed by atoms with van der Waals surface area (Å²) in [6.07, 6.45) is 1.54. The minimum atomic E-state index is -1.12. The second kappa shape index (κ2) is 5.29. The molecule has 0 spiro atoms. The van der Waals surface area contributed by atoms with Gasteiger partial charge in [0.25, 0.3) is 0 Å². The molecular formula is C12H19BBrNO3. The van der Waals surface area contributed by atoms with E-state index in [1.807, 2.05) is 6.92 Å². The van der Waals surface area contributed by atoms with Gasteiger partial charge in [-0.1, -0.05) is 6.07 Å². The fraction of sp³-hybridized carbons (Fsp3) is 0.583. The van der Waals surface area contributed by atoms with Crippen LogP contribution in [-0.4, -0.2) is 33.4 Å². The van der Waals surface area contributed by atoms with Gasteiger partial charge in [0, 0.05) is 11.7 Å². The second-order valence-electron chi connectivity index (χ2n) is 5.42. The average molecular weight is 316 g/mol. The second-order valence-corrected chi connectivity index (χ2v) is 6.17. The number of halogens is 1. The van der Waals surface area contributed by atoms with E-state index in [9.17, 15) is 10.1 Å². The molecule has 6 heteroatoms. The third-order valence-corrected chi connectivity index (χ3v) is 4.03. The predicted molar refractivity (Wildman–Crippen MR) is 75.7 cm³/mol. The summed E-state index contributed by atoms with van der Waals surface area (Å²) in [4.78, 5) is 4.11. The van der Waals surface area contributed by atoms with Gasteiger partial charge in [0.15, 0.2) is 0 Å². The lowest BCUT2D eigenvalue weighted by atomic mass is 9.77. The molecule has 0 radical (unpaired) electrons. The highest BCUT2D eigenvalue weighted by Crippen LogP contribution is 2.25. The van der Waals surface area contributed by atoms with Crippen molar-refractivity contribution in [3.05, 3.63) is 22.4 Å². The summed E-state index contributed by atoms with van der Waals surface area (Å²) < 4.78 is 6.27.